The number of rotatable bonds is 6. The van der Waals surface area contributed by atoms with Crippen LogP contribution in [0.2, 0.25) is 0 Å². The Morgan fingerprint density at radius 1 is 1.15 bits per heavy atom. The van der Waals surface area contributed by atoms with E-state index in [9.17, 15) is 4.79 Å². The first-order valence-electron chi connectivity index (χ1n) is 5.04. The molecule has 0 saturated carbocycles. The van der Waals surface area contributed by atoms with Gasteiger partial charge in [0.15, 0.2) is 0 Å². The van der Waals surface area contributed by atoms with Crippen molar-refractivity contribution in [2.45, 2.75) is 26.7 Å². The summed E-state index contributed by atoms with van der Waals surface area (Å²) in [4.78, 5) is 15.2. The molecule has 0 radical (unpaired) electrons. The fourth-order valence-electron chi connectivity index (χ4n) is 1.22. The van der Waals surface area contributed by atoms with E-state index in [1.165, 1.54) is 0 Å². The Hall–Kier alpha value is -0.570. The first-order valence-corrected chi connectivity index (χ1v) is 5.04. The summed E-state index contributed by atoms with van der Waals surface area (Å²) < 4.78 is 0. The van der Waals surface area contributed by atoms with Gasteiger partial charge < -0.3 is 9.80 Å². The molecule has 0 unspecified atom stereocenters. The molecule has 0 atom stereocenters. The minimum atomic E-state index is 0.217. The lowest BCUT2D eigenvalue weighted by Gasteiger charge is -2.20. The Labute approximate surface area is 81.7 Å². The predicted octanol–water partition coefficient (Wildman–Crippen LogP) is 1.20. The van der Waals surface area contributed by atoms with Crippen molar-refractivity contribution in [3.63, 3.8) is 0 Å². The zero-order valence-corrected chi connectivity index (χ0v) is 9.34. The molecule has 0 rings (SSSR count). The maximum atomic E-state index is 11.3. The van der Waals surface area contributed by atoms with E-state index in [4.69, 9.17) is 0 Å². The third-order valence-electron chi connectivity index (χ3n) is 2.13. The maximum absolute atomic E-state index is 11.3. The molecule has 0 aromatic carbocycles. The SMILES string of the molecule is CCCN(CC)CCC(=O)N(C)C. The van der Waals surface area contributed by atoms with E-state index in [-0.39, 0.29) is 5.91 Å². The molecule has 0 aliphatic carbocycles. The van der Waals surface area contributed by atoms with Crippen LogP contribution in [-0.2, 0) is 4.79 Å². The molecule has 3 heteroatoms. The van der Waals surface area contributed by atoms with Crippen LogP contribution in [0.15, 0.2) is 0 Å². The van der Waals surface area contributed by atoms with E-state index in [1.807, 2.05) is 0 Å². The summed E-state index contributed by atoms with van der Waals surface area (Å²) in [6.45, 7) is 7.32. The molecule has 0 saturated heterocycles. The highest BCUT2D eigenvalue weighted by Crippen LogP contribution is 1.95. The Balaban J connectivity index is 3.65. The largest absolute Gasteiger partial charge is 0.349 e. The summed E-state index contributed by atoms with van der Waals surface area (Å²) in [5, 5.41) is 0. The number of hydrogen-bond donors (Lipinski definition) is 0. The molecule has 13 heavy (non-hydrogen) atoms. The molecular formula is C10H22N2O. The molecule has 1 amide bonds. The van der Waals surface area contributed by atoms with Crippen molar-refractivity contribution in [1.29, 1.82) is 0 Å². The van der Waals surface area contributed by atoms with Crippen molar-refractivity contribution in [3.8, 4) is 0 Å². The van der Waals surface area contributed by atoms with Gasteiger partial charge in [-0.25, -0.2) is 0 Å². The maximum Gasteiger partial charge on any atom is 0.223 e. The summed E-state index contributed by atoms with van der Waals surface area (Å²) in [6, 6.07) is 0. The van der Waals surface area contributed by atoms with Crippen molar-refractivity contribution in [1.82, 2.24) is 9.80 Å². The van der Waals surface area contributed by atoms with Gasteiger partial charge in [0.25, 0.3) is 0 Å². The molecule has 0 aliphatic heterocycles. The Morgan fingerprint density at radius 3 is 2.15 bits per heavy atom. The number of hydrogen-bond acceptors (Lipinski definition) is 2. The molecule has 78 valence electrons. The standard InChI is InChI=1S/C10H22N2O/c1-5-8-12(6-2)9-7-10(13)11(3)4/h5-9H2,1-4H3. The van der Waals surface area contributed by atoms with E-state index in [0.717, 1.165) is 26.1 Å². The van der Waals surface area contributed by atoms with Crippen LogP contribution in [0, 0.1) is 0 Å². The Bertz CT molecular complexity index is 146. The van der Waals surface area contributed by atoms with Crippen LogP contribution >= 0.6 is 0 Å². The second kappa shape index (κ2) is 6.89. The van der Waals surface area contributed by atoms with Gasteiger partial charge in [-0.3, -0.25) is 4.79 Å². The molecule has 0 heterocycles. The van der Waals surface area contributed by atoms with Crippen molar-refractivity contribution in [3.05, 3.63) is 0 Å². The van der Waals surface area contributed by atoms with E-state index in [1.54, 1.807) is 19.0 Å². The van der Waals surface area contributed by atoms with Crippen LogP contribution in [0.4, 0.5) is 0 Å². The summed E-state index contributed by atoms with van der Waals surface area (Å²) in [6.07, 6.45) is 1.80. The van der Waals surface area contributed by atoms with Crippen LogP contribution < -0.4 is 0 Å². The van der Waals surface area contributed by atoms with Crippen molar-refractivity contribution < 1.29 is 4.79 Å². The first-order chi connectivity index (χ1) is 6.11. The summed E-state index contributed by atoms with van der Waals surface area (Å²) in [5.41, 5.74) is 0. The van der Waals surface area contributed by atoms with E-state index >= 15 is 0 Å². The first kappa shape index (κ1) is 12.4. The highest BCUT2D eigenvalue weighted by molar-refractivity contribution is 5.75. The molecule has 0 fully saturated rings. The van der Waals surface area contributed by atoms with Gasteiger partial charge in [0.2, 0.25) is 5.91 Å². The van der Waals surface area contributed by atoms with Crippen molar-refractivity contribution >= 4 is 5.91 Å². The van der Waals surface area contributed by atoms with Gasteiger partial charge in [-0.15, -0.1) is 0 Å². The monoisotopic (exact) mass is 186 g/mol. The fraction of sp³-hybridized carbons (Fsp3) is 0.900. The third-order valence-corrected chi connectivity index (χ3v) is 2.13. The Morgan fingerprint density at radius 2 is 1.77 bits per heavy atom. The average Bonchev–Trinajstić information content (AvgIpc) is 2.11. The molecule has 0 spiro atoms. The smallest absolute Gasteiger partial charge is 0.223 e. The van der Waals surface area contributed by atoms with Gasteiger partial charge in [-0.2, -0.15) is 0 Å². The van der Waals surface area contributed by atoms with Crippen LogP contribution in [0.3, 0.4) is 0 Å². The van der Waals surface area contributed by atoms with Crippen LogP contribution in [0.1, 0.15) is 26.7 Å². The van der Waals surface area contributed by atoms with Gasteiger partial charge >= 0.3 is 0 Å². The molecular weight excluding hydrogens is 164 g/mol. The second-order valence-electron chi connectivity index (χ2n) is 3.47. The highest BCUT2D eigenvalue weighted by atomic mass is 16.2. The highest BCUT2D eigenvalue weighted by Gasteiger charge is 2.06. The minimum absolute atomic E-state index is 0.217. The van der Waals surface area contributed by atoms with Gasteiger partial charge in [-0.1, -0.05) is 13.8 Å². The fourth-order valence-corrected chi connectivity index (χ4v) is 1.22. The predicted molar refractivity (Wildman–Crippen MR) is 55.7 cm³/mol. The molecule has 0 aromatic rings. The number of carbonyl (C=O) groups excluding carboxylic acids is 1. The zero-order valence-electron chi connectivity index (χ0n) is 9.34. The lowest BCUT2D eigenvalue weighted by atomic mass is 10.3. The number of nitrogens with zero attached hydrogens (tertiary/aromatic N) is 2. The van der Waals surface area contributed by atoms with E-state index < -0.39 is 0 Å². The number of amides is 1. The van der Waals surface area contributed by atoms with E-state index in [0.29, 0.717) is 6.42 Å². The topological polar surface area (TPSA) is 23.6 Å². The van der Waals surface area contributed by atoms with Gasteiger partial charge in [0.1, 0.15) is 0 Å². The summed E-state index contributed by atoms with van der Waals surface area (Å²) in [5.74, 6) is 0.217. The van der Waals surface area contributed by atoms with Crippen LogP contribution in [-0.4, -0.2) is 49.4 Å². The molecule has 3 nitrogen and oxygen atoms in total. The summed E-state index contributed by atoms with van der Waals surface area (Å²) >= 11 is 0. The third kappa shape index (κ3) is 5.64. The van der Waals surface area contributed by atoms with Crippen LogP contribution in [0.5, 0.6) is 0 Å². The minimum Gasteiger partial charge on any atom is -0.349 e. The van der Waals surface area contributed by atoms with Gasteiger partial charge in [0, 0.05) is 27.1 Å². The lowest BCUT2D eigenvalue weighted by Crippen LogP contribution is -2.30. The Kier molecular flexibility index (Phi) is 6.59. The zero-order chi connectivity index (χ0) is 10.3. The van der Waals surface area contributed by atoms with Gasteiger partial charge in [0.05, 0.1) is 0 Å². The average molecular weight is 186 g/mol. The van der Waals surface area contributed by atoms with Crippen molar-refractivity contribution in [2.24, 2.45) is 0 Å². The second-order valence-corrected chi connectivity index (χ2v) is 3.47. The number of carbonyl (C=O) groups is 1. The van der Waals surface area contributed by atoms with Crippen molar-refractivity contribution in [2.75, 3.05) is 33.7 Å². The molecule has 0 bridgehead atoms. The van der Waals surface area contributed by atoms with Crippen LogP contribution in [0.25, 0.3) is 0 Å². The lowest BCUT2D eigenvalue weighted by molar-refractivity contribution is -0.129. The normalized spacial score (nSPS) is 10.5. The van der Waals surface area contributed by atoms with Gasteiger partial charge in [-0.05, 0) is 19.5 Å². The molecule has 0 N–H and O–H groups in total. The summed E-state index contributed by atoms with van der Waals surface area (Å²) in [7, 11) is 3.61. The quantitative estimate of drug-likeness (QED) is 0.622. The molecule has 0 aliphatic rings. The molecule has 0 aromatic heterocycles. The van der Waals surface area contributed by atoms with E-state index in [2.05, 4.69) is 18.7 Å².